The van der Waals surface area contributed by atoms with Crippen molar-refractivity contribution in [3.8, 4) is 6.07 Å². The van der Waals surface area contributed by atoms with E-state index >= 15 is 0 Å². The van der Waals surface area contributed by atoms with E-state index in [2.05, 4.69) is 84.6 Å². The fourth-order valence-corrected chi connectivity index (χ4v) is 4.64. The predicted octanol–water partition coefficient (Wildman–Crippen LogP) is 3.92. The van der Waals surface area contributed by atoms with Gasteiger partial charge in [0, 0.05) is 43.8 Å². The summed E-state index contributed by atoms with van der Waals surface area (Å²) in [6.45, 7) is 2.49. The van der Waals surface area contributed by atoms with Crippen molar-refractivity contribution < 1.29 is 0 Å². The third-order valence-corrected chi connectivity index (χ3v) is 6.23. The Morgan fingerprint density at radius 3 is 2.55 bits per heavy atom. The second-order valence-electron chi connectivity index (χ2n) is 8.18. The van der Waals surface area contributed by atoms with Gasteiger partial charge in [0.25, 0.3) is 0 Å². The minimum absolute atomic E-state index is 0.0674. The number of benzene rings is 2. The molecule has 0 saturated carbocycles. The Labute approximate surface area is 193 Å². The van der Waals surface area contributed by atoms with Crippen LogP contribution < -0.4 is 4.90 Å². The van der Waals surface area contributed by atoms with Gasteiger partial charge in [-0.1, -0.05) is 54.6 Å². The molecular weight excluding hydrogens is 410 g/mol. The highest BCUT2D eigenvalue weighted by atomic mass is 15.3. The highest BCUT2D eigenvalue weighted by Crippen LogP contribution is 2.38. The van der Waals surface area contributed by atoms with Gasteiger partial charge in [-0.05, 0) is 16.7 Å². The summed E-state index contributed by atoms with van der Waals surface area (Å²) >= 11 is 0. The highest BCUT2D eigenvalue weighted by molar-refractivity contribution is 5.40. The molecule has 164 valence electrons. The molecule has 1 aliphatic rings. The zero-order chi connectivity index (χ0) is 22.5. The highest BCUT2D eigenvalue weighted by Gasteiger charge is 2.35. The van der Waals surface area contributed by atoms with Crippen LogP contribution in [0.2, 0.25) is 0 Å². The zero-order valence-corrected chi connectivity index (χ0v) is 18.2. The van der Waals surface area contributed by atoms with Crippen molar-refractivity contribution in [2.24, 2.45) is 0 Å². The number of nitrogens with one attached hydrogen (secondary N) is 1. The lowest BCUT2D eigenvalue weighted by Gasteiger charge is -2.45. The molecule has 4 aromatic rings. The molecule has 2 aromatic carbocycles. The second kappa shape index (κ2) is 9.63. The molecule has 1 aliphatic heterocycles. The molecule has 1 saturated heterocycles. The van der Waals surface area contributed by atoms with Gasteiger partial charge in [-0.15, -0.1) is 0 Å². The number of hydrogen-bond acceptors (Lipinski definition) is 6. The molecule has 2 aromatic heterocycles. The number of nitrogens with zero attached hydrogens (tertiary/aromatic N) is 6. The van der Waals surface area contributed by atoms with Gasteiger partial charge in [-0.3, -0.25) is 15.0 Å². The first-order valence-electron chi connectivity index (χ1n) is 11.1. The lowest BCUT2D eigenvalue weighted by molar-refractivity contribution is 0.138. The van der Waals surface area contributed by atoms with E-state index in [0.717, 1.165) is 36.6 Å². The van der Waals surface area contributed by atoms with E-state index in [0.29, 0.717) is 6.42 Å². The molecule has 0 radical (unpaired) electrons. The van der Waals surface area contributed by atoms with E-state index in [9.17, 15) is 0 Å². The Kier molecular flexibility index (Phi) is 6.09. The van der Waals surface area contributed by atoms with Gasteiger partial charge in [0.15, 0.2) is 0 Å². The number of anilines is 1. The summed E-state index contributed by atoms with van der Waals surface area (Å²) in [5.74, 6) is 0.892. The minimum Gasteiger partial charge on any atom is -0.352 e. The summed E-state index contributed by atoms with van der Waals surface area (Å²) in [4.78, 5) is 13.7. The Balaban J connectivity index is 1.54. The van der Waals surface area contributed by atoms with Crippen LogP contribution in [0.3, 0.4) is 0 Å². The van der Waals surface area contributed by atoms with Crippen LogP contribution in [0, 0.1) is 11.3 Å². The quantitative estimate of drug-likeness (QED) is 0.494. The zero-order valence-electron chi connectivity index (χ0n) is 18.2. The fourth-order valence-electron chi connectivity index (χ4n) is 4.64. The van der Waals surface area contributed by atoms with E-state index in [1.807, 2.05) is 24.7 Å². The Morgan fingerprint density at radius 1 is 1.00 bits per heavy atom. The van der Waals surface area contributed by atoms with Crippen molar-refractivity contribution in [1.82, 2.24) is 25.1 Å². The molecule has 7 nitrogen and oxygen atoms in total. The first kappa shape index (κ1) is 20.9. The maximum atomic E-state index is 9.06. The predicted molar refractivity (Wildman–Crippen MR) is 126 cm³/mol. The number of rotatable bonds is 6. The van der Waals surface area contributed by atoms with E-state index in [-0.39, 0.29) is 12.1 Å². The number of hydrogen-bond donors (Lipinski definition) is 1. The van der Waals surface area contributed by atoms with Gasteiger partial charge in [-0.2, -0.15) is 10.4 Å². The first-order chi connectivity index (χ1) is 16.3. The molecule has 0 bridgehead atoms. The number of nitriles is 1. The standard InChI is InChI=1S/C26H25N7/c27-11-10-20-6-8-21(9-7-20)24-19-32(25-18-28-12-13-29-25)14-15-33(24)26(23-16-30-31-17-23)22-4-2-1-3-5-22/h1-9,12-13,16-18,24,26H,10,14-15,19H2,(H,30,31). The number of H-pyrrole nitrogens is 1. The lowest BCUT2D eigenvalue weighted by Crippen LogP contribution is -2.50. The van der Waals surface area contributed by atoms with E-state index in [1.54, 1.807) is 12.4 Å². The van der Waals surface area contributed by atoms with Gasteiger partial charge in [0.05, 0.1) is 37.0 Å². The molecule has 0 amide bonds. The van der Waals surface area contributed by atoms with Crippen molar-refractivity contribution in [3.05, 3.63) is 108 Å². The van der Waals surface area contributed by atoms with Crippen LogP contribution in [0.1, 0.15) is 34.3 Å². The smallest absolute Gasteiger partial charge is 0.147 e. The Bertz CT molecular complexity index is 1190. The van der Waals surface area contributed by atoms with Crippen LogP contribution >= 0.6 is 0 Å². The van der Waals surface area contributed by atoms with Gasteiger partial charge < -0.3 is 4.90 Å². The summed E-state index contributed by atoms with van der Waals surface area (Å²) in [5.41, 5.74) is 4.62. The van der Waals surface area contributed by atoms with Crippen molar-refractivity contribution in [2.45, 2.75) is 18.5 Å². The normalized spacial score (nSPS) is 17.4. The fraction of sp³-hybridized carbons (Fsp3) is 0.231. The van der Waals surface area contributed by atoms with Crippen LogP contribution in [0.5, 0.6) is 0 Å². The molecule has 0 aliphatic carbocycles. The Morgan fingerprint density at radius 2 is 1.85 bits per heavy atom. The molecule has 2 unspecified atom stereocenters. The Hall–Kier alpha value is -4.02. The van der Waals surface area contributed by atoms with Gasteiger partial charge in [0.2, 0.25) is 0 Å². The summed E-state index contributed by atoms with van der Waals surface area (Å²) in [7, 11) is 0. The summed E-state index contributed by atoms with van der Waals surface area (Å²) in [5, 5.41) is 16.3. The molecule has 1 fully saturated rings. The van der Waals surface area contributed by atoms with Crippen molar-refractivity contribution in [3.63, 3.8) is 0 Å². The molecule has 3 heterocycles. The van der Waals surface area contributed by atoms with Crippen molar-refractivity contribution in [1.29, 1.82) is 5.26 Å². The molecule has 1 N–H and O–H groups in total. The van der Waals surface area contributed by atoms with Crippen molar-refractivity contribution >= 4 is 5.82 Å². The lowest BCUT2D eigenvalue weighted by atomic mass is 9.93. The van der Waals surface area contributed by atoms with Crippen LogP contribution in [0.4, 0.5) is 5.82 Å². The van der Waals surface area contributed by atoms with E-state index in [4.69, 9.17) is 5.26 Å². The largest absolute Gasteiger partial charge is 0.352 e. The van der Waals surface area contributed by atoms with Crippen LogP contribution in [-0.4, -0.2) is 44.7 Å². The minimum atomic E-state index is 0.0674. The number of aromatic nitrogens is 4. The average Bonchev–Trinajstić information content (AvgIpc) is 3.41. The molecule has 5 rings (SSSR count). The molecule has 33 heavy (non-hydrogen) atoms. The van der Waals surface area contributed by atoms with Crippen LogP contribution in [0.25, 0.3) is 0 Å². The summed E-state index contributed by atoms with van der Waals surface area (Å²) in [6.07, 6.45) is 9.59. The maximum absolute atomic E-state index is 9.06. The van der Waals surface area contributed by atoms with Crippen LogP contribution in [0.15, 0.2) is 85.6 Å². The number of aromatic amines is 1. The topological polar surface area (TPSA) is 84.7 Å². The maximum Gasteiger partial charge on any atom is 0.147 e. The second-order valence-corrected chi connectivity index (χ2v) is 8.18. The molecule has 7 heteroatoms. The van der Waals surface area contributed by atoms with Gasteiger partial charge in [-0.25, -0.2) is 4.98 Å². The molecule has 2 atom stereocenters. The van der Waals surface area contributed by atoms with Gasteiger partial charge in [0.1, 0.15) is 5.82 Å². The number of piperazine rings is 1. The molecule has 0 spiro atoms. The van der Waals surface area contributed by atoms with E-state index in [1.165, 1.54) is 11.1 Å². The third kappa shape index (κ3) is 4.47. The molecular formula is C26H25N7. The summed E-state index contributed by atoms with van der Waals surface area (Å²) in [6, 6.07) is 21.4. The first-order valence-corrected chi connectivity index (χ1v) is 11.1. The monoisotopic (exact) mass is 435 g/mol. The average molecular weight is 436 g/mol. The third-order valence-electron chi connectivity index (χ3n) is 6.23. The van der Waals surface area contributed by atoms with E-state index < -0.39 is 0 Å². The van der Waals surface area contributed by atoms with Crippen LogP contribution in [-0.2, 0) is 6.42 Å². The van der Waals surface area contributed by atoms with Gasteiger partial charge >= 0.3 is 0 Å². The summed E-state index contributed by atoms with van der Waals surface area (Å²) < 4.78 is 0. The van der Waals surface area contributed by atoms with Crippen molar-refractivity contribution in [2.75, 3.05) is 24.5 Å². The SMILES string of the molecule is N#CCc1ccc(C2CN(c3cnccn3)CCN2C(c2ccccc2)c2cn[nH]c2)cc1.